The number of aromatic nitrogens is 2. The van der Waals surface area contributed by atoms with Crippen molar-refractivity contribution in [1.29, 1.82) is 0 Å². The highest BCUT2D eigenvalue weighted by molar-refractivity contribution is 5.97. The number of fused-ring (bicyclic) bond motifs is 1. The van der Waals surface area contributed by atoms with Crippen molar-refractivity contribution in [3.05, 3.63) is 17.5 Å². The number of piperazine rings is 1. The van der Waals surface area contributed by atoms with Crippen molar-refractivity contribution in [1.82, 2.24) is 19.8 Å². The normalized spacial score (nSPS) is 20.4. The Balaban J connectivity index is 1.83. The van der Waals surface area contributed by atoms with Crippen LogP contribution in [0.1, 0.15) is 16.1 Å². The summed E-state index contributed by atoms with van der Waals surface area (Å²) in [5.74, 6) is 0.778. The summed E-state index contributed by atoms with van der Waals surface area (Å²) in [7, 11) is 3.91. The Kier molecular flexibility index (Phi) is 2.66. The Morgan fingerprint density at radius 1 is 1.17 bits per heavy atom. The molecule has 0 spiro atoms. The number of amides is 1. The van der Waals surface area contributed by atoms with Gasteiger partial charge in [-0.2, -0.15) is 0 Å². The standard InChI is InChI=1S/C12H17N5O/c1-15-3-5-17(6-4-15)12-13-7-9-10(14-12)8-16(2)11(9)18/h7H,3-6,8H2,1-2H3. The molecule has 0 unspecified atom stereocenters. The molecule has 1 aromatic rings. The molecular formula is C12H17N5O. The summed E-state index contributed by atoms with van der Waals surface area (Å²) in [4.78, 5) is 26.8. The first-order chi connectivity index (χ1) is 8.65. The second-order valence-electron chi connectivity index (χ2n) is 4.98. The van der Waals surface area contributed by atoms with E-state index < -0.39 is 0 Å². The Hall–Kier alpha value is -1.69. The summed E-state index contributed by atoms with van der Waals surface area (Å²) in [5, 5.41) is 0. The van der Waals surface area contributed by atoms with E-state index in [0.717, 1.165) is 37.8 Å². The van der Waals surface area contributed by atoms with Crippen LogP contribution in [-0.4, -0.2) is 65.9 Å². The van der Waals surface area contributed by atoms with Gasteiger partial charge in [-0.15, -0.1) is 0 Å². The number of nitrogens with zero attached hydrogens (tertiary/aromatic N) is 5. The van der Waals surface area contributed by atoms with Crippen LogP contribution in [0.4, 0.5) is 5.95 Å². The zero-order chi connectivity index (χ0) is 12.7. The maximum Gasteiger partial charge on any atom is 0.257 e. The number of anilines is 1. The molecule has 0 aliphatic carbocycles. The number of likely N-dealkylation sites (N-methyl/N-ethyl adjacent to an activating group) is 1. The maximum atomic E-state index is 11.8. The highest BCUT2D eigenvalue weighted by Crippen LogP contribution is 2.21. The fourth-order valence-electron chi connectivity index (χ4n) is 2.37. The average Bonchev–Trinajstić information content (AvgIpc) is 2.65. The minimum atomic E-state index is 0.0231. The summed E-state index contributed by atoms with van der Waals surface area (Å²) in [5.41, 5.74) is 1.50. The van der Waals surface area contributed by atoms with Crippen LogP contribution in [0.25, 0.3) is 0 Å². The number of carbonyl (C=O) groups excluding carboxylic acids is 1. The first-order valence-electron chi connectivity index (χ1n) is 6.20. The van der Waals surface area contributed by atoms with E-state index in [1.165, 1.54) is 0 Å². The highest BCUT2D eigenvalue weighted by atomic mass is 16.2. The summed E-state index contributed by atoms with van der Waals surface area (Å²) in [6.07, 6.45) is 1.67. The van der Waals surface area contributed by atoms with Crippen molar-refractivity contribution in [3.8, 4) is 0 Å². The van der Waals surface area contributed by atoms with Crippen molar-refractivity contribution in [3.63, 3.8) is 0 Å². The van der Waals surface area contributed by atoms with Crippen LogP contribution < -0.4 is 4.90 Å². The van der Waals surface area contributed by atoms with Gasteiger partial charge < -0.3 is 14.7 Å². The molecule has 1 saturated heterocycles. The van der Waals surface area contributed by atoms with E-state index in [9.17, 15) is 4.79 Å². The van der Waals surface area contributed by atoms with E-state index in [2.05, 4.69) is 26.8 Å². The molecule has 0 atom stereocenters. The van der Waals surface area contributed by atoms with E-state index >= 15 is 0 Å². The lowest BCUT2D eigenvalue weighted by atomic mass is 10.3. The first kappa shape index (κ1) is 11.4. The van der Waals surface area contributed by atoms with Crippen LogP contribution in [0, 0.1) is 0 Å². The topological polar surface area (TPSA) is 52.6 Å². The lowest BCUT2D eigenvalue weighted by molar-refractivity contribution is 0.0816. The molecule has 18 heavy (non-hydrogen) atoms. The van der Waals surface area contributed by atoms with Gasteiger partial charge in [0.2, 0.25) is 5.95 Å². The predicted octanol–water partition coefficient (Wildman–Crippen LogP) is -0.186. The summed E-state index contributed by atoms with van der Waals surface area (Å²) >= 11 is 0. The molecule has 0 saturated carbocycles. The summed E-state index contributed by atoms with van der Waals surface area (Å²) < 4.78 is 0. The molecule has 6 nitrogen and oxygen atoms in total. The Labute approximate surface area is 106 Å². The van der Waals surface area contributed by atoms with Gasteiger partial charge in [0.1, 0.15) is 0 Å². The molecule has 6 heteroatoms. The lowest BCUT2D eigenvalue weighted by Gasteiger charge is -2.32. The highest BCUT2D eigenvalue weighted by Gasteiger charge is 2.27. The number of hydrogen-bond donors (Lipinski definition) is 0. The minimum Gasteiger partial charge on any atom is -0.338 e. The second-order valence-corrected chi connectivity index (χ2v) is 4.98. The number of rotatable bonds is 1. The molecule has 3 rings (SSSR count). The van der Waals surface area contributed by atoms with Crippen molar-refractivity contribution < 1.29 is 4.79 Å². The Morgan fingerprint density at radius 3 is 2.61 bits per heavy atom. The van der Waals surface area contributed by atoms with Gasteiger partial charge >= 0.3 is 0 Å². The third kappa shape index (κ3) is 1.82. The van der Waals surface area contributed by atoms with Crippen molar-refractivity contribution in [2.75, 3.05) is 45.2 Å². The van der Waals surface area contributed by atoms with Crippen LogP contribution in [-0.2, 0) is 6.54 Å². The van der Waals surface area contributed by atoms with E-state index in [4.69, 9.17) is 0 Å². The molecule has 1 fully saturated rings. The van der Waals surface area contributed by atoms with Crippen LogP contribution in [0.5, 0.6) is 0 Å². The van der Waals surface area contributed by atoms with E-state index in [1.54, 1.807) is 18.1 Å². The van der Waals surface area contributed by atoms with E-state index in [1.807, 2.05) is 0 Å². The first-order valence-corrected chi connectivity index (χ1v) is 6.20. The van der Waals surface area contributed by atoms with Gasteiger partial charge in [-0.05, 0) is 7.05 Å². The Morgan fingerprint density at radius 2 is 1.89 bits per heavy atom. The van der Waals surface area contributed by atoms with Crippen LogP contribution in [0.2, 0.25) is 0 Å². The van der Waals surface area contributed by atoms with E-state index in [-0.39, 0.29) is 5.91 Å². The molecular weight excluding hydrogens is 230 g/mol. The van der Waals surface area contributed by atoms with Crippen LogP contribution >= 0.6 is 0 Å². The summed E-state index contributed by atoms with van der Waals surface area (Å²) in [6.45, 7) is 4.54. The minimum absolute atomic E-state index is 0.0231. The van der Waals surface area contributed by atoms with E-state index in [0.29, 0.717) is 12.1 Å². The molecule has 2 aliphatic rings. The third-order valence-corrected chi connectivity index (χ3v) is 3.61. The van der Waals surface area contributed by atoms with Gasteiger partial charge in [-0.1, -0.05) is 0 Å². The summed E-state index contributed by atoms with van der Waals surface area (Å²) in [6, 6.07) is 0. The Bertz CT molecular complexity index is 481. The van der Waals surface area contributed by atoms with Crippen molar-refractivity contribution in [2.24, 2.45) is 0 Å². The van der Waals surface area contributed by atoms with Crippen LogP contribution in [0.3, 0.4) is 0 Å². The molecule has 2 aliphatic heterocycles. The van der Waals surface area contributed by atoms with Gasteiger partial charge in [0.25, 0.3) is 5.91 Å². The number of hydrogen-bond acceptors (Lipinski definition) is 5. The zero-order valence-electron chi connectivity index (χ0n) is 10.8. The quantitative estimate of drug-likeness (QED) is 0.689. The monoisotopic (exact) mass is 247 g/mol. The molecule has 0 bridgehead atoms. The lowest BCUT2D eigenvalue weighted by Crippen LogP contribution is -2.45. The predicted molar refractivity (Wildman–Crippen MR) is 67.5 cm³/mol. The van der Waals surface area contributed by atoms with Gasteiger partial charge in [-0.25, -0.2) is 9.97 Å². The maximum absolute atomic E-state index is 11.8. The third-order valence-electron chi connectivity index (χ3n) is 3.61. The molecule has 1 amide bonds. The molecule has 1 aromatic heterocycles. The van der Waals surface area contributed by atoms with Crippen molar-refractivity contribution in [2.45, 2.75) is 6.54 Å². The fraction of sp³-hybridized carbons (Fsp3) is 0.583. The smallest absolute Gasteiger partial charge is 0.257 e. The van der Waals surface area contributed by atoms with Gasteiger partial charge in [0.05, 0.1) is 17.8 Å². The zero-order valence-corrected chi connectivity index (χ0v) is 10.8. The molecule has 3 heterocycles. The van der Waals surface area contributed by atoms with Gasteiger partial charge in [0.15, 0.2) is 0 Å². The largest absolute Gasteiger partial charge is 0.338 e. The molecule has 96 valence electrons. The van der Waals surface area contributed by atoms with Gasteiger partial charge in [0, 0.05) is 39.4 Å². The second kappa shape index (κ2) is 4.20. The SMILES string of the molecule is CN1CCN(c2ncc3c(n2)CN(C)C3=O)CC1. The van der Waals surface area contributed by atoms with Crippen LogP contribution in [0.15, 0.2) is 6.20 Å². The number of carbonyl (C=O) groups is 1. The molecule has 0 radical (unpaired) electrons. The average molecular weight is 247 g/mol. The molecule has 0 N–H and O–H groups in total. The van der Waals surface area contributed by atoms with Gasteiger partial charge in [-0.3, -0.25) is 4.79 Å². The van der Waals surface area contributed by atoms with Crippen molar-refractivity contribution >= 4 is 11.9 Å². The molecule has 0 aromatic carbocycles. The fourth-order valence-corrected chi connectivity index (χ4v) is 2.37.